The van der Waals surface area contributed by atoms with Gasteiger partial charge in [0.2, 0.25) is 0 Å². The van der Waals surface area contributed by atoms with Crippen molar-refractivity contribution in [3.63, 3.8) is 0 Å². The molecular formula is C10H13BrFNO. The lowest BCUT2D eigenvalue weighted by Gasteiger charge is -2.16. The van der Waals surface area contributed by atoms with Crippen LogP contribution in [-0.4, -0.2) is 7.11 Å². The number of halogens is 2. The second-order valence-electron chi connectivity index (χ2n) is 3.22. The van der Waals surface area contributed by atoms with Gasteiger partial charge in [0.25, 0.3) is 0 Å². The number of hydrogen-bond donors (Lipinski definition) is 1. The van der Waals surface area contributed by atoms with Crippen LogP contribution in [0.3, 0.4) is 0 Å². The molecule has 0 aliphatic carbocycles. The standard InChI is InChI=1S/C10H13BrFNO/c1-5-4-7(12)10(14-3)8(6(2)13)9(5)11/h4,6H,13H2,1-3H3. The van der Waals surface area contributed by atoms with Crippen LogP contribution in [0.15, 0.2) is 10.5 Å². The minimum Gasteiger partial charge on any atom is -0.493 e. The van der Waals surface area contributed by atoms with Gasteiger partial charge < -0.3 is 10.5 Å². The molecule has 78 valence electrons. The van der Waals surface area contributed by atoms with Crippen LogP contribution in [0.2, 0.25) is 0 Å². The number of nitrogens with two attached hydrogens (primary N) is 1. The van der Waals surface area contributed by atoms with Gasteiger partial charge in [-0.05, 0) is 25.5 Å². The average Bonchev–Trinajstić information content (AvgIpc) is 2.10. The minimum atomic E-state index is -0.375. The second kappa shape index (κ2) is 4.28. The Morgan fingerprint density at radius 2 is 2.14 bits per heavy atom. The minimum absolute atomic E-state index is 0.220. The van der Waals surface area contributed by atoms with Crippen molar-refractivity contribution >= 4 is 15.9 Å². The molecule has 1 aromatic carbocycles. The molecule has 1 aromatic rings. The molecule has 2 nitrogen and oxygen atoms in total. The van der Waals surface area contributed by atoms with Crippen LogP contribution < -0.4 is 10.5 Å². The Morgan fingerprint density at radius 3 is 2.57 bits per heavy atom. The highest BCUT2D eigenvalue weighted by molar-refractivity contribution is 9.10. The fourth-order valence-corrected chi connectivity index (χ4v) is 2.03. The summed E-state index contributed by atoms with van der Waals surface area (Å²) in [7, 11) is 1.44. The SMILES string of the molecule is COc1c(F)cc(C)c(Br)c1C(C)N. The first-order valence-corrected chi connectivity index (χ1v) is 5.06. The maximum atomic E-state index is 13.5. The van der Waals surface area contributed by atoms with E-state index in [0.717, 1.165) is 10.0 Å². The third kappa shape index (κ3) is 1.91. The molecule has 2 N–H and O–H groups in total. The van der Waals surface area contributed by atoms with Crippen molar-refractivity contribution in [1.82, 2.24) is 0 Å². The average molecular weight is 262 g/mol. The summed E-state index contributed by atoms with van der Waals surface area (Å²) in [6.45, 7) is 3.61. The van der Waals surface area contributed by atoms with Crippen molar-refractivity contribution in [1.29, 1.82) is 0 Å². The first-order chi connectivity index (χ1) is 6.49. The first kappa shape index (κ1) is 11.5. The predicted molar refractivity (Wildman–Crippen MR) is 58.0 cm³/mol. The summed E-state index contributed by atoms with van der Waals surface area (Å²) in [6, 6.07) is 1.16. The van der Waals surface area contributed by atoms with E-state index in [1.165, 1.54) is 13.2 Å². The largest absolute Gasteiger partial charge is 0.493 e. The van der Waals surface area contributed by atoms with Gasteiger partial charge in [-0.1, -0.05) is 15.9 Å². The second-order valence-corrected chi connectivity index (χ2v) is 4.02. The molecule has 0 amide bonds. The van der Waals surface area contributed by atoms with Crippen molar-refractivity contribution in [2.45, 2.75) is 19.9 Å². The van der Waals surface area contributed by atoms with E-state index >= 15 is 0 Å². The first-order valence-electron chi connectivity index (χ1n) is 4.27. The molecule has 0 aromatic heterocycles. The molecule has 0 aliphatic heterocycles. The monoisotopic (exact) mass is 261 g/mol. The molecule has 0 fully saturated rings. The lowest BCUT2D eigenvalue weighted by molar-refractivity contribution is 0.378. The molecule has 1 atom stereocenters. The smallest absolute Gasteiger partial charge is 0.165 e. The highest BCUT2D eigenvalue weighted by Gasteiger charge is 2.18. The van der Waals surface area contributed by atoms with Gasteiger partial charge in [0, 0.05) is 16.1 Å². The number of aryl methyl sites for hydroxylation is 1. The Labute approximate surface area is 91.4 Å². The molecule has 0 bridgehead atoms. The lowest BCUT2D eigenvalue weighted by atomic mass is 10.0. The molecule has 0 aliphatic rings. The van der Waals surface area contributed by atoms with Crippen LogP contribution in [0.25, 0.3) is 0 Å². The molecule has 1 unspecified atom stereocenters. The van der Waals surface area contributed by atoms with Gasteiger partial charge in [0.05, 0.1) is 7.11 Å². The third-order valence-electron chi connectivity index (χ3n) is 2.05. The summed E-state index contributed by atoms with van der Waals surface area (Å²) in [5.41, 5.74) is 7.24. The van der Waals surface area contributed by atoms with Crippen LogP contribution >= 0.6 is 15.9 Å². The third-order valence-corrected chi connectivity index (χ3v) is 3.10. The molecule has 0 spiro atoms. The van der Waals surface area contributed by atoms with E-state index in [2.05, 4.69) is 15.9 Å². The van der Waals surface area contributed by atoms with Gasteiger partial charge >= 0.3 is 0 Å². The van der Waals surface area contributed by atoms with Crippen LogP contribution in [0.4, 0.5) is 4.39 Å². The van der Waals surface area contributed by atoms with Crippen LogP contribution in [-0.2, 0) is 0 Å². The van der Waals surface area contributed by atoms with Gasteiger partial charge in [-0.25, -0.2) is 4.39 Å². The van der Waals surface area contributed by atoms with E-state index in [-0.39, 0.29) is 17.6 Å². The normalized spacial score (nSPS) is 12.7. The Bertz CT molecular complexity index is 352. The van der Waals surface area contributed by atoms with Gasteiger partial charge in [-0.15, -0.1) is 0 Å². The van der Waals surface area contributed by atoms with Gasteiger partial charge in [-0.3, -0.25) is 0 Å². The zero-order chi connectivity index (χ0) is 10.9. The predicted octanol–water partition coefficient (Wildman–Crippen LogP) is 2.92. The van der Waals surface area contributed by atoms with Crippen molar-refractivity contribution in [3.8, 4) is 5.75 Å². The lowest BCUT2D eigenvalue weighted by Crippen LogP contribution is -2.10. The van der Waals surface area contributed by atoms with E-state index in [1.807, 2.05) is 6.92 Å². The highest BCUT2D eigenvalue weighted by Crippen LogP contribution is 2.35. The van der Waals surface area contributed by atoms with Crippen molar-refractivity contribution in [2.75, 3.05) is 7.11 Å². The zero-order valence-corrected chi connectivity index (χ0v) is 9.98. The Morgan fingerprint density at radius 1 is 1.57 bits per heavy atom. The Balaban J connectivity index is 3.48. The summed E-state index contributed by atoms with van der Waals surface area (Å²) in [5, 5.41) is 0. The highest BCUT2D eigenvalue weighted by atomic mass is 79.9. The zero-order valence-electron chi connectivity index (χ0n) is 8.40. The molecule has 0 saturated heterocycles. The maximum absolute atomic E-state index is 13.5. The van der Waals surface area contributed by atoms with Crippen LogP contribution in [0, 0.1) is 12.7 Å². The molecule has 14 heavy (non-hydrogen) atoms. The fraction of sp³-hybridized carbons (Fsp3) is 0.400. The topological polar surface area (TPSA) is 35.2 Å². The van der Waals surface area contributed by atoms with E-state index in [1.54, 1.807) is 6.92 Å². The summed E-state index contributed by atoms with van der Waals surface area (Å²) in [4.78, 5) is 0. The van der Waals surface area contributed by atoms with E-state index in [9.17, 15) is 4.39 Å². The molecule has 4 heteroatoms. The maximum Gasteiger partial charge on any atom is 0.165 e. The fourth-order valence-electron chi connectivity index (χ4n) is 1.37. The van der Waals surface area contributed by atoms with Gasteiger partial charge in [0.1, 0.15) is 0 Å². The van der Waals surface area contributed by atoms with Crippen molar-refractivity contribution in [2.24, 2.45) is 5.73 Å². The van der Waals surface area contributed by atoms with E-state index in [4.69, 9.17) is 10.5 Å². The summed E-state index contributed by atoms with van der Waals surface area (Å²) < 4.78 is 19.2. The van der Waals surface area contributed by atoms with Crippen LogP contribution in [0.5, 0.6) is 5.75 Å². The number of rotatable bonds is 2. The van der Waals surface area contributed by atoms with Crippen molar-refractivity contribution in [3.05, 3.63) is 27.5 Å². The summed E-state index contributed by atoms with van der Waals surface area (Å²) in [6.07, 6.45) is 0. The van der Waals surface area contributed by atoms with Crippen LogP contribution in [0.1, 0.15) is 24.1 Å². The molecule has 0 heterocycles. The number of methoxy groups -OCH3 is 1. The summed E-state index contributed by atoms with van der Waals surface area (Å²) >= 11 is 3.38. The molecular weight excluding hydrogens is 249 g/mol. The Kier molecular flexibility index (Phi) is 3.50. The van der Waals surface area contributed by atoms with E-state index < -0.39 is 0 Å². The number of benzene rings is 1. The summed E-state index contributed by atoms with van der Waals surface area (Å²) in [5.74, 6) is -0.155. The van der Waals surface area contributed by atoms with Gasteiger partial charge in [-0.2, -0.15) is 0 Å². The van der Waals surface area contributed by atoms with E-state index in [0.29, 0.717) is 5.56 Å². The Hall–Kier alpha value is -0.610. The van der Waals surface area contributed by atoms with Gasteiger partial charge in [0.15, 0.2) is 11.6 Å². The molecule has 0 saturated carbocycles. The molecule has 0 radical (unpaired) electrons. The quantitative estimate of drug-likeness (QED) is 0.889. The molecule has 1 rings (SSSR count). The van der Waals surface area contributed by atoms with Crippen molar-refractivity contribution < 1.29 is 9.13 Å². The number of ether oxygens (including phenoxy) is 1. The number of hydrogen-bond acceptors (Lipinski definition) is 2.